The first-order valence-corrected chi connectivity index (χ1v) is 15.9. The number of alkyl halides is 1. The van der Waals surface area contributed by atoms with Crippen molar-refractivity contribution >= 4 is 18.1 Å². The molecule has 0 amide bonds. The molecule has 16 heteroatoms. The third-order valence-corrected chi connectivity index (χ3v) is 7.71. The van der Waals surface area contributed by atoms with Crippen LogP contribution < -0.4 is 136 Å². The number of rotatable bonds is 8. The van der Waals surface area contributed by atoms with E-state index in [0.29, 0.717) is 12.4 Å². The summed E-state index contributed by atoms with van der Waals surface area (Å²) in [7, 11) is 3.34. The van der Waals surface area contributed by atoms with Crippen LogP contribution in [0.4, 0.5) is 0 Å². The van der Waals surface area contributed by atoms with Crippen LogP contribution >= 0.6 is 11.6 Å². The molecule has 2 aliphatic heterocycles. The zero-order chi connectivity index (χ0) is 35.8. The molecule has 0 saturated carbocycles. The van der Waals surface area contributed by atoms with E-state index < -0.39 is 0 Å². The maximum absolute atomic E-state index is 8.64. The smallest absolute Gasteiger partial charge is 1.00 e. The molecule has 0 bridgehead atoms. The number of ether oxygens (including phenoxy) is 6. The van der Waals surface area contributed by atoms with Crippen molar-refractivity contribution in [3.8, 4) is 56.8 Å². The van der Waals surface area contributed by atoms with Crippen LogP contribution in [0.1, 0.15) is 27.4 Å². The number of H-pyrrole nitrogens is 1. The molecule has 1 N–H and O–H groups in total. The summed E-state index contributed by atoms with van der Waals surface area (Å²) < 4.78 is 34.4. The molecule has 2 aliphatic rings. The molecule has 55 heavy (non-hydrogen) atoms. The molecule has 0 radical (unpaired) electrons. The zero-order valence-electron chi connectivity index (χ0n) is 30.7. The Morgan fingerprint density at radius 3 is 1.73 bits per heavy atom. The number of nitrogens with zero attached hydrogens (tertiary/aromatic N) is 3. The summed E-state index contributed by atoms with van der Waals surface area (Å²) in [4.78, 5) is 11.2. The second-order valence-corrected chi connectivity index (χ2v) is 10.8. The molecule has 0 spiro atoms. The molecule has 0 atom stereocenters. The summed E-state index contributed by atoms with van der Waals surface area (Å²) in [5.41, 5.74) is 6.29. The topological polar surface area (TPSA) is 151 Å². The van der Waals surface area contributed by atoms with E-state index in [1.807, 2.05) is 83.7 Å². The maximum atomic E-state index is 8.64. The van der Waals surface area contributed by atoms with Gasteiger partial charge in [-0.15, -0.1) is 11.6 Å². The molecule has 0 fully saturated rings. The van der Waals surface area contributed by atoms with Gasteiger partial charge in [-0.25, -0.2) is 0 Å². The van der Waals surface area contributed by atoms with Crippen molar-refractivity contribution in [2.24, 2.45) is 0 Å². The SMILES string of the molecule is C.C.COc1ccc(CCl)cc1-c1ccc2c(c1)OCO2.COc1ccc(Cn2cccn2)cc1-c1ccc2c(c1)OCO2.O=CO[O-].[H-].[K+].[K+].c1cn[nH]c1. The molecular formula is C39H43ClK2N4O9. The fraction of sp³-hybridized carbons (Fsp3) is 0.205. The third-order valence-electron chi connectivity index (χ3n) is 7.40. The van der Waals surface area contributed by atoms with Crippen molar-refractivity contribution in [1.29, 1.82) is 0 Å². The number of nitrogens with one attached hydrogen (secondary N) is 1. The predicted octanol–water partition coefficient (Wildman–Crippen LogP) is 1.40. The van der Waals surface area contributed by atoms with Crippen LogP contribution in [0, 0.1) is 0 Å². The van der Waals surface area contributed by atoms with Crippen molar-refractivity contribution in [1.82, 2.24) is 20.0 Å². The van der Waals surface area contributed by atoms with E-state index >= 15 is 0 Å². The Morgan fingerprint density at radius 1 is 0.782 bits per heavy atom. The normalized spacial score (nSPS) is 10.6. The number of fused-ring (bicyclic) bond motifs is 2. The van der Waals surface area contributed by atoms with Crippen molar-refractivity contribution in [2.45, 2.75) is 27.3 Å². The monoisotopic (exact) mass is 824 g/mol. The van der Waals surface area contributed by atoms with Gasteiger partial charge in [0.2, 0.25) is 13.6 Å². The summed E-state index contributed by atoms with van der Waals surface area (Å²) in [6.07, 6.45) is 7.19. The summed E-state index contributed by atoms with van der Waals surface area (Å²) in [5.74, 6) is 5.19. The average Bonchev–Trinajstić information content (AvgIpc) is 4.03. The van der Waals surface area contributed by atoms with Gasteiger partial charge in [0, 0.05) is 41.8 Å². The number of methoxy groups -OCH3 is 2. The first-order valence-electron chi connectivity index (χ1n) is 15.4. The van der Waals surface area contributed by atoms with Gasteiger partial charge in [0.15, 0.2) is 23.0 Å². The van der Waals surface area contributed by atoms with Crippen LogP contribution in [-0.2, 0) is 22.1 Å². The minimum absolute atomic E-state index is 0. The number of aromatic nitrogens is 4. The minimum Gasteiger partial charge on any atom is -1.00 e. The largest absolute Gasteiger partial charge is 1.00 e. The number of carbonyl (C=O) groups is 1. The van der Waals surface area contributed by atoms with Gasteiger partial charge >= 0.3 is 103 Å². The first kappa shape index (κ1) is 50.1. The van der Waals surface area contributed by atoms with Crippen LogP contribution in [0.5, 0.6) is 34.5 Å². The van der Waals surface area contributed by atoms with E-state index in [1.165, 1.54) is 0 Å². The average molecular weight is 825 g/mol. The molecule has 0 saturated heterocycles. The number of hydrogen-bond donors (Lipinski definition) is 1. The number of benzene rings is 4. The van der Waals surface area contributed by atoms with Gasteiger partial charge in [0.05, 0.1) is 20.8 Å². The van der Waals surface area contributed by atoms with E-state index in [2.05, 4.69) is 32.3 Å². The molecule has 8 rings (SSSR count). The molecule has 0 aliphatic carbocycles. The van der Waals surface area contributed by atoms with Crippen LogP contribution in [-0.4, -0.2) is 54.3 Å². The number of aromatic amines is 1. The molecule has 13 nitrogen and oxygen atoms in total. The van der Waals surface area contributed by atoms with E-state index in [-0.39, 0.29) is 139 Å². The van der Waals surface area contributed by atoms with Gasteiger partial charge in [-0.2, -0.15) is 10.2 Å². The zero-order valence-corrected chi connectivity index (χ0v) is 36.7. The van der Waals surface area contributed by atoms with E-state index in [1.54, 1.807) is 32.8 Å². The van der Waals surface area contributed by atoms with Gasteiger partial charge in [-0.05, 0) is 82.9 Å². The fourth-order valence-corrected chi connectivity index (χ4v) is 5.23. The van der Waals surface area contributed by atoms with Gasteiger partial charge in [0.1, 0.15) is 11.5 Å². The van der Waals surface area contributed by atoms with Gasteiger partial charge in [-0.1, -0.05) is 39.1 Å². The molecule has 282 valence electrons. The summed E-state index contributed by atoms with van der Waals surface area (Å²) in [5, 5.41) is 18.9. The van der Waals surface area contributed by atoms with Gasteiger partial charge in [0.25, 0.3) is 6.47 Å². The molecule has 4 heterocycles. The minimum atomic E-state index is -0.181. The Kier molecular flexibility index (Phi) is 24.5. The molecule has 6 aromatic rings. The van der Waals surface area contributed by atoms with Crippen molar-refractivity contribution in [3.05, 3.63) is 121 Å². The van der Waals surface area contributed by atoms with Crippen LogP contribution in [0.25, 0.3) is 22.3 Å². The van der Waals surface area contributed by atoms with E-state index in [4.69, 9.17) is 50.1 Å². The Morgan fingerprint density at radius 2 is 1.31 bits per heavy atom. The quantitative estimate of drug-likeness (QED) is 0.0781. The molecule has 4 aromatic carbocycles. The number of hydrogen-bond acceptors (Lipinski definition) is 11. The maximum Gasteiger partial charge on any atom is 1.00 e. The second kappa shape index (κ2) is 26.9. The predicted molar refractivity (Wildman–Crippen MR) is 200 cm³/mol. The molecular weight excluding hydrogens is 782 g/mol. The fourth-order valence-electron chi connectivity index (χ4n) is 5.07. The summed E-state index contributed by atoms with van der Waals surface area (Å²) >= 11 is 5.89. The van der Waals surface area contributed by atoms with Crippen LogP contribution in [0.2, 0.25) is 0 Å². The molecule has 2 aromatic heterocycles. The van der Waals surface area contributed by atoms with E-state index in [0.717, 1.165) is 67.9 Å². The van der Waals surface area contributed by atoms with Crippen molar-refractivity contribution in [2.75, 3.05) is 27.8 Å². The number of halogens is 1. The van der Waals surface area contributed by atoms with Crippen molar-refractivity contribution in [3.63, 3.8) is 0 Å². The Labute approximate surface area is 412 Å². The summed E-state index contributed by atoms with van der Waals surface area (Å²) in [6.45, 7) is 1.08. The first-order chi connectivity index (χ1) is 25.1. The van der Waals surface area contributed by atoms with E-state index in [9.17, 15) is 0 Å². The number of carbonyl (C=O) groups excluding carboxylic acids is 1. The van der Waals surface area contributed by atoms with Crippen LogP contribution in [0.3, 0.4) is 0 Å². The van der Waals surface area contributed by atoms with Gasteiger partial charge < -0.3 is 40.0 Å². The summed E-state index contributed by atoms with van der Waals surface area (Å²) in [6, 6.07) is 27.6. The van der Waals surface area contributed by atoms with Gasteiger partial charge in [-0.3, -0.25) is 14.6 Å². The van der Waals surface area contributed by atoms with Crippen molar-refractivity contribution < 1.29 is 148 Å². The Bertz CT molecular complexity index is 1980. The van der Waals surface area contributed by atoms with Crippen LogP contribution in [0.15, 0.2) is 110 Å². The molecule has 0 unspecified atom stereocenters. The Balaban J connectivity index is 0.000000831. The second-order valence-electron chi connectivity index (χ2n) is 10.5. The third kappa shape index (κ3) is 14.5. The standard InChI is InChI=1S/C18H16N2O3.C15H13ClO3.C3H4N2.CH2O3.2CH4.2K.H/c1-21-16-5-3-13(11-20-8-2-7-19-20)9-15(16)14-4-6-17-18(10-14)23-12-22-17;1-17-13-4-2-10(8-16)6-12(13)11-3-5-14-15(7-11)19-9-18-14;1-2-4-5-3-1;2-1-4-3;;;;;/h2-10H,11-12H2,1H3;2-7H,8-9H2,1H3;1-3H,(H,4,5);1,3H;2*1H4;;;/q;;;;;;2*+1;-1/p-1. The Hall–Kier alpha value is -2.91.